The highest BCUT2D eigenvalue weighted by Gasteiger charge is 2.33. The van der Waals surface area contributed by atoms with Crippen LogP contribution in [-0.4, -0.2) is 96.2 Å². The molecule has 0 aliphatic carbocycles. The van der Waals surface area contributed by atoms with Crippen molar-refractivity contribution in [1.29, 1.82) is 0 Å². The second kappa shape index (κ2) is 15.3. The van der Waals surface area contributed by atoms with Gasteiger partial charge in [0, 0.05) is 20.0 Å². The van der Waals surface area contributed by atoms with Gasteiger partial charge in [-0.3, -0.25) is 14.4 Å². The number of amides is 2. The zero-order chi connectivity index (χ0) is 19.7. The molecule has 1 heterocycles. The van der Waals surface area contributed by atoms with Crippen LogP contribution in [0.4, 0.5) is 4.79 Å². The smallest absolute Gasteiger partial charge is 0.430 e. The number of imide groups is 1. The molecule has 1 aliphatic heterocycles. The zero-order valence-corrected chi connectivity index (χ0v) is 15.5. The summed E-state index contributed by atoms with van der Waals surface area (Å²) in [5.74, 6) is -1.12. The van der Waals surface area contributed by atoms with E-state index in [9.17, 15) is 14.4 Å². The Morgan fingerprint density at radius 2 is 1.15 bits per heavy atom. The van der Waals surface area contributed by atoms with Crippen molar-refractivity contribution < 1.29 is 47.6 Å². The van der Waals surface area contributed by atoms with Crippen molar-refractivity contribution in [2.75, 3.05) is 73.2 Å². The first-order valence-electron chi connectivity index (χ1n) is 8.65. The molecular weight excluding hydrogens is 366 g/mol. The Morgan fingerprint density at radius 1 is 0.741 bits per heavy atom. The number of rotatable bonds is 16. The molecule has 2 amide bonds. The lowest BCUT2D eigenvalue weighted by Crippen LogP contribution is -2.32. The van der Waals surface area contributed by atoms with E-state index in [1.807, 2.05) is 0 Å². The molecule has 11 heteroatoms. The summed E-state index contributed by atoms with van der Waals surface area (Å²) in [5.41, 5.74) is 0. The summed E-state index contributed by atoms with van der Waals surface area (Å²) >= 11 is 0. The monoisotopic (exact) mass is 393 g/mol. The first-order valence-corrected chi connectivity index (χ1v) is 8.65. The van der Waals surface area contributed by atoms with Crippen molar-refractivity contribution in [2.24, 2.45) is 0 Å². The fourth-order valence-electron chi connectivity index (χ4n) is 1.85. The highest BCUT2D eigenvalue weighted by Crippen LogP contribution is 2.12. The van der Waals surface area contributed by atoms with Crippen molar-refractivity contribution in [3.05, 3.63) is 0 Å². The van der Waals surface area contributed by atoms with Gasteiger partial charge < -0.3 is 28.4 Å². The molecule has 11 nitrogen and oxygen atoms in total. The third-order valence-electron chi connectivity index (χ3n) is 3.17. The van der Waals surface area contributed by atoms with Gasteiger partial charge in [-0.2, -0.15) is 0 Å². The van der Waals surface area contributed by atoms with Crippen LogP contribution in [0.5, 0.6) is 0 Å². The molecule has 156 valence electrons. The standard InChI is InChI=1S/C16H27NO10/c1-21-4-5-22-6-7-23-8-9-24-10-11-25-12-13-26-16(20)27-17-14(18)2-3-15(17)19/h2-13H2,1H3. The van der Waals surface area contributed by atoms with Crippen LogP contribution in [0.25, 0.3) is 0 Å². The minimum Gasteiger partial charge on any atom is -0.430 e. The van der Waals surface area contributed by atoms with Gasteiger partial charge >= 0.3 is 6.16 Å². The van der Waals surface area contributed by atoms with Crippen LogP contribution in [0, 0.1) is 0 Å². The van der Waals surface area contributed by atoms with E-state index >= 15 is 0 Å². The van der Waals surface area contributed by atoms with Crippen LogP contribution in [0.3, 0.4) is 0 Å². The molecule has 1 rings (SSSR count). The Labute approximate surface area is 157 Å². The molecule has 0 radical (unpaired) electrons. The molecular formula is C16H27NO10. The summed E-state index contributed by atoms with van der Waals surface area (Å²) in [7, 11) is 1.61. The topological polar surface area (TPSA) is 119 Å². The Hall–Kier alpha value is -1.79. The first kappa shape index (κ1) is 23.2. The largest absolute Gasteiger partial charge is 0.534 e. The number of hydroxylamine groups is 2. The summed E-state index contributed by atoms with van der Waals surface area (Å²) < 4.78 is 30.6. The van der Waals surface area contributed by atoms with Crippen LogP contribution < -0.4 is 0 Å². The number of methoxy groups -OCH3 is 1. The van der Waals surface area contributed by atoms with Gasteiger partial charge in [0.1, 0.15) is 6.61 Å². The molecule has 1 saturated heterocycles. The normalized spacial score (nSPS) is 14.0. The Morgan fingerprint density at radius 3 is 1.59 bits per heavy atom. The quantitative estimate of drug-likeness (QED) is 0.200. The summed E-state index contributed by atoms with van der Waals surface area (Å²) in [6.45, 7) is 3.75. The highest BCUT2D eigenvalue weighted by atomic mass is 16.8. The Bertz CT molecular complexity index is 429. The van der Waals surface area contributed by atoms with E-state index in [1.54, 1.807) is 7.11 Å². The molecule has 0 atom stereocenters. The van der Waals surface area contributed by atoms with Gasteiger partial charge in [0.05, 0.1) is 59.5 Å². The van der Waals surface area contributed by atoms with Crippen LogP contribution in [0.15, 0.2) is 0 Å². The molecule has 0 saturated carbocycles. The van der Waals surface area contributed by atoms with E-state index in [4.69, 9.17) is 28.4 Å². The molecule has 0 aromatic carbocycles. The second-order valence-electron chi connectivity index (χ2n) is 5.21. The predicted octanol–water partition coefficient (Wildman–Crippen LogP) is -0.0836. The van der Waals surface area contributed by atoms with E-state index in [-0.39, 0.29) is 26.1 Å². The first-order chi connectivity index (χ1) is 13.1. The minimum absolute atomic E-state index is 0.0302. The Kier molecular flexibility index (Phi) is 13.2. The van der Waals surface area contributed by atoms with Gasteiger partial charge in [-0.1, -0.05) is 5.06 Å². The van der Waals surface area contributed by atoms with E-state index < -0.39 is 18.0 Å². The molecule has 0 N–H and O–H groups in total. The van der Waals surface area contributed by atoms with Crippen LogP contribution in [-0.2, 0) is 42.8 Å². The lowest BCUT2D eigenvalue weighted by atomic mass is 10.4. The van der Waals surface area contributed by atoms with Gasteiger partial charge in [-0.05, 0) is 0 Å². The van der Waals surface area contributed by atoms with E-state index in [0.29, 0.717) is 57.9 Å². The SMILES string of the molecule is COCCOCCOCCOCCOCCOC(=O)ON1C(=O)CCC1=O. The van der Waals surface area contributed by atoms with Crippen molar-refractivity contribution >= 4 is 18.0 Å². The molecule has 0 unspecified atom stereocenters. The van der Waals surface area contributed by atoms with E-state index in [0.717, 1.165) is 0 Å². The van der Waals surface area contributed by atoms with Crippen molar-refractivity contribution in [3.63, 3.8) is 0 Å². The maximum absolute atomic E-state index is 11.3. The number of carbonyl (C=O) groups excluding carboxylic acids is 3. The number of ether oxygens (including phenoxy) is 6. The maximum atomic E-state index is 11.3. The number of nitrogens with zero attached hydrogens (tertiary/aromatic N) is 1. The maximum Gasteiger partial charge on any atom is 0.534 e. The van der Waals surface area contributed by atoms with Crippen molar-refractivity contribution in [1.82, 2.24) is 5.06 Å². The third kappa shape index (κ3) is 11.5. The fourth-order valence-corrected chi connectivity index (χ4v) is 1.85. The number of carbonyl (C=O) groups is 3. The van der Waals surface area contributed by atoms with Crippen molar-refractivity contribution in [2.45, 2.75) is 12.8 Å². The summed E-state index contributed by atoms with van der Waals surface area (Å²) in [5, 5.41) is 0.421. The van der Waals surface area contributed by atoms with Crippen LogP contribution >= 0.6 is 0 Å². The molecule has 0 aromatic rings. The fraction of sp³-hybridized carbons (Fsp3) is 0.812. The highest BCUT2D eigenvalue weighted by molar-refractivity contribution is 6.01. The third-order valence-corrected chi connectivity index (χ3v) is 3.17. The van der Waals surface area contributed by atoms with Gasteiger partial charge in [0.15, 0.2) is 0 Å². The molecule has 1 aliphatic rings. The average molecular weight is 393 g/mol. The molecule has 1 fully saturated rings. The number of hydrogen-bond donors (Lipinski definition) is 0. The molecule has 0 bridgehead atoms. The Balaban J connectivity index is 1.80. The number of hydrogen-bond acceptors (Lipinski definition) is 10. The van der Waals surface area contributed by atoms with Gasteiger partial charge in [-0.25, -0.2) is 4.79 Å². The van der Waals surface area contributed by atoms with E-state index in [2.05, 4.69) is 4.84 Å². The van der Waals surface area contributed by atoms with Gasteiger partial charge in [0.2, 0.25) is 0 Å². The lowest BCUT2D eigenvalue weighted by molar-refractivity contribution is -0.177. The minimum atomic E-state index is -1.12. The zero-order valence-electron chi connectivity index (χ0n) is 15.5. The van der Waals surface area contributed by atoms with E-state index in [1.165, 1.54) is 0 Å². The van der Waals surface area contributed by atoms with Gasteiger partial charge in [-0.15, -0.1) is 0 Å². The summed E-state index contributed by atoms with van der Waals surface area (Å²) in [6, 6.07) is 0. The van der Waals surface area contributed by atoms with Crippen LogP contribution in [0.2, 0.25) is 0 Å². The molecule has 0 aromatic heterocycles. The second-order valence-corrected chi connectivity index (χ2v) is 5.21. The summed E-state index contributed by atoms with van der Waals surface area (Å²) in [6.07, 6.45) is -1.06. The average Bonchev–Trinajstić information content (AvgIpc) is 2.97. The lowest BCUT2D eigenvalue weighted by Gasteiger charge is -2.12. The molecule has 27 heavy (non-hydrogen) atoms. The van der Waals surface area contributed by atoms with Crippen LogP contribution in [0.1, 0.15) is 12.8 Å². The van der Waals surface area contributed by atoms with Gasteiger partial charge in [0.25, 0.3) is 11.8 Å². The van der Waals surface area contributed by atoms with Crippen molar-refractivity contribution in [3.8, 4) is 0 Å². The molecule has 0 spiro atoms. The summed E-state index contributed by atoms with van der Waals surface area (Å²) in [4.78, 5) is 38.3. The predicted molar refractivity (Wildman–Crippen MR) is 88.7 cm³/mol.